The van der Waals surface area contributed by atoms with Crippen LogP contribution in [0.15, 0.2) is 42.5 Å². The van der Waals surface area contributed by atoms with Crippen LogP contribution in [0.25, 0.3) is 0 Å². The lowest BCUT2D eigenvalue weighted by atomic mass is 10.1. The fourth-order valence-corrected chi connectivity index (χ4v) is 3.00. The van der Waals surface area contributed by atoms with Gasteiger partial charge in [-0.25, -0.2) is 4.39 Å². The molecule has 126 valence electrons. The number of phenolic OH excluding ortho intramolecular Hbond substituents is 1. The maximum atomic E-state index is 13.7. The van der Waals surface area contributed by atoms with E-state index in [0.717, 1.165) is 0 Å². The van der Waals surface area contributed by atoms with E-state index in [0.29, 0.717) is 43.3 Å². The van der Waals surface area contributed by atoms with Crippen LogP contribution in [0, 0.1) is 5.82 Å². The topological polar surface area (TPSA) is 43.8 Å². The quantitative estimate of drug-likeness (QED) is 0.926. The van der Waals surface area contributed by atoms with Crippen LogP contribution in [0.2, 0.25) is 5.02 Å². The number of piperazine rings is 1. The number of nitrogens with zero attached hydrogens (tertiary/aromatic N) is 2. The molecule has 2 aromatic rings. The van der Waals surface area contributed by atoms with Gasteiger partial charge in [0.05, 0.1) is 5.56 Å². The zero-order valence-electron chi connectivity index (χ0n) is 13.1. The number of hydrogen-bond donors (Lipinski definition) is 1. The van der Waals surface area contributed by atoms with Crippen LogP contribution in [0.3, 0.4) is 0 Å². The second kappa shape index (κ2) is 7.20. The Bertz CT molecular complexity index is 746. The third-order valence-electron chi connectivity index (χ3n) is 4.20. The van der Waals surface area contributed by atoms with E-state index in [2.05, 4.69) is 4.90 Å². The first-order valence-electron chi connectivity index (χ1n) is 7.78. The van der Waals surface area contributed by atoms with Crippen molar-refractivity contribution < 1.29 is 14.3 Å². The van der Waals surface area contributed by atoms with Crippen LogP contribution in [-0.4, -0.2) is 47.0 Å². The number of benzene rings is 2. The van der Waals surface area contributed by atoms with Gasteiger partial charge < -0.3 is 10.0 Å². The number of halogens is 2. The van der Waals surface area contributed by atoms with Gasteiger partial charge in [0.1, 0.15) is 11.6 Å². The number of rotatable bonds is 3. The lowest BCUT2D eigenvalue weighted by molar-refractivity contribution is 0.0624. The van der Waals surface area contributed by atoms with Crippen molar-refractivity contribution in [2.75, 3.05) is 26.2 Å². The molecule has 1 amide bonds. The highest BCUT2D eigenvalue weighted by Gasteiger charge is 2.24. The highest BCUT2D eigenvalue weighted by atomic mass is 35.5. The summed E-state index contributed by atoms with van der Waals surface area (Å²) < 4.78 is 13.7. The largest absolute Gasteiger partial charge is 0.507 e. The standard InChI is InChI=1S/C18H18ClFN2O2/c19-14-5-6-17(23)15(11-14)18(24)22-9-7-21(8-10-22)12-13-3-1-2-4-16(13)20/h1-6,11,23H,7-10,12H2. The summed E-state index contributed by atoms with van der Waals surface area (Å²) >= 11 is 5.90. The Morgan fingerprint density at radius 1 is 1.12 bits per heavy atom. The molecule has 1 heterocycles. The van der Waals surface area contributed by atoms with Gasteiger partial charge in [0.2, 0.25) is 0 Å². The van der Waals surface area contributed by atoms with E-state index >= 15 is 0 Å². The van der Waals surface area contributed by atoms with E-state index in [1.165, 1.54) is 18.2 Å². The van der Waals surface area contributed by atoms with E-state index < -0.39 is 0 Å². The number of phenols is 1. The van der Waals surface area contributed by atoms with Gasteiger partial charge in [-0.15, -0.1) is 0 Å². The van der Waals surface area contributed by atoms with Crippen molar-refractivity contribution in [1.82, 2.24) is 9.80 Å². The summed E-state index contributed by atoms with van der Waals surface area (Å²) in [6.07, 6.45) is 0. The minimum absolute atomic E-state index is 0.0711. The fraction of sp³-hybridized carbons (Fsp3) is 0.278. The van der Waals surface area contributed by atoms with Crippen molar-refractivity contribution in [2.24, 2.45) is 0 Å². The molecule has 0 saturated carbocycles. The molecule has 0 bridgehead atoms. The molecule has 3 rings (SSSR count). The highest BCUT2D eigenvalue weighted by molar-refractivity contribution is 6.31. The SMILES string of the molecule is O=C(c1cc(Cl)ccc1O)N1CCN(Cc2ccccc2F)CC1. The lowest BCUT2D eigenvalue weighted by Crippen LogP contribution is -2.48. The van der Waals surface area contributed by atoms with Crippen molar-refractivity contribution in [1.29, 1.82) is 0 Å². The molecule has 0 unspecified atom stereocenters. The normalized spacial score (nSPS) is 15.5. The first kappa shape index (κ1) is 16.7. The number of carbonyl (C=O) groups excluding carboxylic acids is 1. The van der Waals surface area contributed by atoms with Crippen molar-refractivity contribution >= 4 is 17.5 Å². The van der Waals surface area contributed by atoms with Crippen LogP contribution in [0.4, 0.5) is 4.39 Å². The first-order valence-corrected chi connectivity index (χ1v) is 8.16. The van der Waals surface area contributed by atoms with Gasteiger partial charge in [-0.3, -0.25) is 9.69 Å². The summed E-state index contributed by atoms with van der Waals surface area (Å²) in [5.41, 5.74) is 0.870. The third-order valence-corrected chi connectivity index (χ3v) is 4.44. The molecule has 2 aromatic carbocycles. The van der Waals surface area contributed by atoms with Crippen LogP contribution in [0.5, 0.6) is 5.75 Å². The van der Waals surface area contributed by atoms with Gasteiger partial charge in [-0.2, -0.15) is 0 Å². The Hall–Kier alpha value is -2.11. The Labute approximate surface area is 145 Å². The average Bonchev–Trinajstić information content (AvgIpc) is 2.59. The van der Waals surface area contributed by atoms with E-state index in [-0.39, 0.29) is 23.0 Å². The Morgan fingerprint density at radius 2 is 1.83 bits per heavy atom. The summed E-state index contributed by atoms with van der Waals surface area (Å²) in [6.45, 7) is 2.89. The van der Waals surface area contributed by atoms with Crippen molar-refractivity contribution in [3.63, 3.8) is 0 Å². The zero-order valence-corrected chi connectivity index (χ0v) is 13.8. The molecule has 0 aliphatic carbocycles. The summed E-state index contributed by atoms with van der Waals surface area (Å²) in [5.74, 6) is -0.515. The predicted octanol–water partition coefficient (Wildman–Crippen LogP) is 3.14. The van der Waals surface area contributed by atoms with Crippen molar-refractivity contribution in [3.8, 4) is 5.75 Å². The molecule has 1 N–H and O–H groups in total. The minimum Gasteiger partial charge on any atom is -0.507 e. The third kappa shape index (κ3) is 3.68. The predicted molar refractivity (Wildman–Crippen MR) is 90.7 cm³/mol. The summed E-state index contributed by atoms with van der Waals surface area (Å²) in [5, 5.41) is 10.3. The average molecular weight is 349 g/mol. The van der Waals surface area contributed by atoms with E-state index in [1.807, 2.05) is 6.07 Å². The van der Waals surface area contributed by atoms with Gasteiger partial charge in [-0.1, -0.05) is 29.8 Å². The Morgan fingerprint density at radius 3 is 2.54 bits per heavy atom. The number of amides is 1. The van der Waals surface area contributed by atoms with Crippen LogP contribution in [-0.2, 0) is 6.54 Å². The van der Waals surface area contributed by atoms with Crippen LogP contribution >= 0.6 is 11.6 Å². The molecule has 0 atom stereocenters. The van der Waals surface area contributed by atoms with Gasteiger partial charge in [0, 0.05) is 43.3 Å². The van der Waals surface area contributed by atoms with E-state index in [1.54, 1.807) is 23.1 Å². The Balaban J connectivity index is 1.61. The monoisotopic (exact) mass is 348 g/mol. The van der Waals surface area contributed by atoms with E-state index in [9.17, 15) is 14.3 Å². The molecule has 1 fully saturated rings. The summed E-state index contributed by atoms with van der Waals surface area (Å²) in [4.78, 5) is 16.3. The molecule has 0 aromatic heterocycles. The molecule has 1 saturated heterocycles. The summed E-state index contributed by atoms with van der Waals surface area (Å²) in [7, 11) is 0. The molecule has 0 spiro atoms. The maximum absolute atomic E-state index is 13.7. The molecule has 4 nitrogen and oxygen atoms in total. The lowest BCUT2D eigenvalue weighted by Gasteiger charge is -2.35. The smallest absolute Gasteiger partial charge is 0.257 e. The summed E-state index contributed by atoms with van der Waals surface area (Å²) in [6, 6.07) is 11.2. The van der Waals surface area contributed by atoms with Gasteiger partial charge in [-0.05, 0) is 24.3 Å². The number of carbonyl (C=O) groups is 1. The van der Waals surface area contributed by atoms with Gasteiger partial charge in [0.25, 0.3) is 5.91 Å². The highest BCUT2D eigenvalue weighted by Crippen LogP contribution is 2.23. The molecular weight excluding hydrogens is 331 g/mol. The number of hydrogen-bond acceptors (Lipinski definition) is 3. The zero-order chi connectivity index (χ0) is 17.1. The molecular formula is C18H18ClFN2O2. The Kier molecular flexibility index (Phi) is 5.02. The second-order valence-corrected chi connectivity index (χ2v) is 6.26. The van der Waals surface area contributed by atoms with Gasteiger partial charge in [0.15, 0.2) is 0 Å². The number of aromatic hydroxyl groups is 1. The maximum Gasteiger partial charge on any atom is 0.257 e. The first-order chi connectivity index (χ1) is 11.5. The molecule has 0 radical (unpaired) electrons. The van der Waals surface area contributed by atoms with Crippen molar-refractivity contribution in [2.45, 2.75) is 6.54 Å². The fourth-order valence-electron chi connectivity index (χ4n) is 2.83. The minimum atomic E-state index is -0.236. The van der Waals surface area contributed by atoms with Crippen molar-refractivity contribution in [3.05, 3.63) is 64.4 Å². The molecule has 1 aliphatic heterocycles. The van der Waals surface area contributed by atoms with E-state index in [4.69, 9.17) is 11.6 Å². The van der Waals surface area contributed by atoms with Crippen LogP contribution in [0.1, 0.15) is 15.9 Å². The molecule has 6 heteroatoms. The second-order valence-electron chi connectivity index (χ2n) is 5.82. The van der Waals surface area contributed by atoms with Crippen LogP contribution < -0.4 is 0 Å². The molecule has 24 heavy (non-hydrogen) atoms. The van der Waals surface area contributed by atoms with Gasteiger partial charge >= 0.3 is 0 Å². The molecule has 1 aliphatic rings.